The Morgan fingerprint density at radius 3 is 2.80 bits per heavy atom. The standard InChI is InChI=1S/C16H22BrNO2/c1-12-6-5-10-16(11-9-12,15(19)20-2)18-14-8-4-3-7-13(14)17/h3-4,7-8,12,18H,5-6,9-11H2,1-2H3. The summed E-state index contributed by atoms with van der Waals surface area (Å²) in [5.74, 6) is 0.518. The topological polar surface area (TPSA) is 38.3 Å². The first-order valence-corrected chi connectivity index (χ1v) is 7.98. The van der Waals surface area contributed by atoms with Crippen LogP contribution in [-0.4, -0.2) is 18.6 Å². The van der Waals surface area contributed by atoms with Crippen LogP contribution in [0.5, 0.6) is 0 Å². The molecule has 0 bridgehead atoms. The molecule has 20 heavy (non-hydrogen) atoms. The number of anilines is 1. The molecule has 1 aromatic rings. The lowest BCUT2D eigenvalue weighted by Gasteiger charge is -2.32. The number of esters is 1. The average Bonchev–Trinajstić information content (AvgIpc) is 2.64. The largest absolute Gasteiger partial charge is 0.467 e. The summed E-state index contributed by atoms with van der Waals surface area (Å²) in [6, 6.07) is 7.91. The normalized spacial score (nSPS) is 26.6. The molecule has 0 spiro atoms. The van der Waals surface area contributed by atoms with E-state index in [1.165, 1.54) is 13.5 Å². The van der Waals surface area contributed by atoms with E-state index < -0.39 is 5.54 Å². The van der Waals surface area contributed by atoms with Gasteiger partial charge in [-0.15, -0.1) is 0 Å². The van der Waals surface area contributed by atoms with E-state index in [2.05, 4.69) is 28.2 Å². The lowest BCUT2D eigenvalue weighted by molar-refractivity contribution is -0.146. The van der Waals surface area contributed by atoms with Crippen LogP contribution in [0.15, 0.2) is 28.7 Å². The highest BCUT2D eigenvalue weighted by Crippen LogP contribution is 2.35. The maximum atomic E-state index is 12.4. The second kappa shape index (κ2) is 6.61. The Hall–Kier alpha value is -1.03. The Morgan fingerprint density at radius 2 is 2.10 bits per heavy atom. The molecule has 2 unspecified atom stereocenters. The number of nitrogens with one attached hydrogen (secondary N) is 1. The molecule has 1 saturated carbocycles. The van der Waals surface area contributed by atoms with Crippen molar-refractivity contribution in [3.63, 3.8) is 0 Å². The summed E-state index contributed by atoms with van der Waals surface area (Å²) in [7, 11) is 1.47. The molecule has 1 N–H and O–H groups in total. The first-order chi connectivity index (χ1) is 9.57. The molecule has 1 fully saturated rings. The van der Waals surface area contributed by atoms with Gasteiger partial charge in [0.15, 0.2) is 0 Å². The van der Waals surface area contributed by atoms with E-state index in [-0.39, 0.29) is 5.97 Å². The molecule has 1 aliphatic rings. The van der Waals surface area contributed by atoms with Gasteiger partial charge in [0.25, 0.3) is 0 Å². The Bertz CT molecular complexity index is 477. The fourth-order valence-electron chi connectivity index (χ4n) is 2.91. The van der Waals surface area contributed by atoms with Crippen LogP contribution in [0.2, 0.25) is 0 Å². The van der Waals surface area contributed by atoms with Gasteiger partial charge in [-0.05, 0) is 53.2 Å². The third-order valence-corrected chi connectivity index (χ3v) is 4.88. The van der Waals surface area contributed by atoms with Crippen molar-refractivity contribution in [2.24, 2.45) is 5.92 Å². The Morgan fingerprint density at radius 1 is 1.35 bits per heavy atom. The lowest BCUT2D eigenvalue weighted by Crippen LogP contribution is -2.47. The van der Waals surface area contributed by atoms with Crippen LogP contribution in [0, 0.1) is 5.92 Å². The van der Waals surface area contributed by atoms with Gasteiger partial charge >= 0.3 is 5.97 Å². The van der Waals surface area contributed by atoms with E-state index in [1.807, 2.05) is 24.3 Å². The molecule has 1 aromatic carbocycles. The van der Waals surface area contributed by atoms with E-state index >= 15 is 0 Å². The predicted octanol–water partition coefficient (Wildman–Crippen LogP) is 4.37. The first kappa shape index (κ1) is 15.4. The van der Waals surface area contributed by atoms with E-state index in [9.17, 15) is 4.79 Å². The maximum Gasteiger partial charge on any atom is 0.331 e. The summed E-state index contributed by atoms with van der Waals surface area (Å²) < 4.78 is 6.05. The van der Waals surface area contributed by atoms with Gasteiger partial charge in [0.05, 0.1) is 7.11 Å². The summed E-state index contributed by atoms with van der Waals surface area (Å²) in [5.41, 5.74) is 0.357. The van der Waals surface area contributed by atoms with Crippen LogP contribution in [0.3, 0.4) is 0 Å². The third-order valence-electron chi connectivity index (χ3n) is 4.19. The lowest BCUT2D eigenvalue weighted by atomic mass is 9.89. The van der Waals surface area contributed by atoms with Gasteiger partial charge in [-0.2, -0.15) is 0 Å². The fourth-order valence-corrected chi connectivity index (χ4v) is 3.29. The van der Waals surface area contributed by atoms with Crippen molar-refractivity contribution in [1.29, 1.82) is 0 Å². The van der Waals surface area contributed by atoms with E-state index in [4.69, 9.17) is 4.74 Å². The second-order valence-electron chi connectivity index (χ2n) is 5.71. The molecule has 1 aliphatic carbocycles. The first-order valence-electron chi connectivity index (χ1n) is 7.18. The summed E-state index contributed by atoms with van der Waals surface area (Å²) >= 11 is 3.54. The van der Waals surface area contributed by atoms with Crippen LogP contribution in [0.4, 0.5) is 5.69 Å². The molecule has 2 atom stereocenters. The molecule has 0 aromatic heterocycles. The molecular formula is C16H22BrNO2. The monoisotopic (exact) mass is 339 g/mol. The Kier molecular flexibility index (Phi) is 5.08. The molecule has 2 rings (SSSR count). The SMILES string of the molecule is COC(=O)C1(Nc2ccccc2Br)CCCC(C)CC1. The van der Waals surface area contributed by atoms with Gasteiger partial charge in [-0.3, -0.25) is 0 Å². The van der Waals surface area contributed by atoms with Crippen molar-refractivity contribution < 1.29 is 9.53 Å². The van der Waals surface area contributed by atoms with E-state index in [0.29, 0.717) is 5.92 Å². The molecule has 4 heteroatoms. The van der Waals surface area contributed by atoms with Gasteiger partial charge in [0.2, 0.25) is 0 Å². The summed E-state index contributed by atoms with van der Waals surface area (Å²) in [5, 5.41) is 3.45. The van der Waals surface area contributed by atoms with Crippen molar-refractivity contribution >= 4 is 27.6 Å². The van der Waals surface area contributed by atoms with Gasteiger partial charge in [0.1, 0.15) is 5.54 Å². The number of carbonyl (C=O) groups is 1. The molecule has 0 heterocycles. The van der Waals surface area contributed by atoms with E-state index in [0.717, 1.165) is 35.8 Å². The molecule has 3 nitrogen and oxygen atoms in total. The van der Waals surface area contributed by atoms with Crippen LogP contribution < -0.4 is 5.32 Å². The number of hydrogen-bond donors (Lipinski definition) is 1. The minimum atomic E-state index is -0.594. The number of benzene rings is 1. The number of hydrogen-bond acceptors (Lipinski definition) is 3. The predicted molar refractivity (Wildman–Crippen MR) is 84.8 cm³/mol. The maximum absolute atomic E-state index is 12.4. The quantitative estimate of drug-likeness (QED) is 0.656. The number of para-hydroxylation sites is 1. The number of ether oxygens (including phenoxy) is 1. The van der Waals surface area contributed by atoms with Gasteiger partial charge in [-0.1, -0.05) is 31.9 Å². The highest BCUT2D eigenvalue weighted by molar-refractivity contribution is 9.10. The molecular weight excluding hydrogens is 318 g/mol. The second-order valence-corrected chi connectivity index (χ2v) is 6.57. The zero-order valence-corrected chi connectivity index (χ0v) is 13.7. The zero-order chi connectivity index (χ0) is 14.6. The van der Waals surface area contributed by atoms with Gasteiger partial charge < -0.3 is 10.1 Å². The fraction of sp³-hybridized carbons (Fsp3) is 0.562. The summed E-state index contributed by atoms with van der Waals surface area (Å²) in [6.45, 7) is 2.26. The zero-order valence-electron chi connectivity index (χ0n) is 12.1. The van der Waals surface area contributed by atoms with Crippen molar-refractivity contribution in [1.82, 2.24) is 0 Å². The van der Waals surface area contributed by atoms with Crippen molar-refractivity contribution in [2.75, 3.05) is 12.4 Å². The summed E-state index contributed by atoms with van der Waals surface area (Å²) in [4.78, 5) is 12.4. The highest BCUT2D eigenvalue weighted by atomic mass is 79.9. The van der Waals surface area contributed by atoms with Gasteiger partial charge in [0, 0.05) is 10.2 Å². The molecule has 0 saturated heterocycles. The van der Waals surface area contributed by atoms with Crippen LogP contribution in [0.1, 0.15) is 39.0 Å². The van der Waals surface area contributed by atoms with E-state index in [1.54, 1.807) is 0 Å². The van der Waals surface area contributed by atoms with Gasteiger partial charge in [-0.25, -0.2) is 4.79 Å². The number of carbonyl (C=O) groups excluding carboxylic acids is 1. The smallest absolute Gasteiger partial charge is 0.331 e. The molecule has 0 amide bonds. The third kappa shape index (κ3) is 3.35. The number of halogens is 1. The molecule has 0 aliphatic heterocycles. The van der Waals surface area contributed by atoms with Crippen LogP contribution in [-0.2, 0) is 9.53 Å². The van der Waals surface area contributed by atoms with Crippen molar-refractivity contribution in [3.8, 4) is 0 Å². The Labute approximate surface area is 129 Å². The number of methoxy groups -OCH3 is 1. The minimum Gasteiger partial charge on any atom is -0.467 e. The van der Waals surface area contributed by atoms with Crippen molar-refractivity contribution in [2.45, 2.75) is 44.6 Å². The Balaban J connectivity index is 2.28. The molecule has 0 radical (unpaired) electrons. The highest BCUT2D eigenvalue weighted by Gasteiger charge is 2.40. The molecule has 110 valence electrons. The van der Waals surface area contributed by atoms with Crippen LogP contribution in [0.25, 0.3) is 0 Å². The summed E-state index contributed by atoms with van der Waals surface area (Å²) in [6.07, 6.45) is 4.92. The average molecular weight is 340 g/mol. The minimum absolute atomic E-state index is 0.151. The van der Waals surface area contributed by atoms with Crippen LogP contribution >= 0.6 is 15.9 Å². The van der Waals surface area contributed by atoms with Crippen molar-refractivity contribution in [3.05, 3.63) is 28.7 Å². The number of rotatable bonds is 3.